The monoisotopic (exact) mass is 260 g/mol. The molecule has 0 radical (unpaired) electrons. The second-order valence-corrected chi connectivity index (χ2v) is 4.36. The fraction of sp³-hybridized carbons (Fsp3) is 0.143. The van der Waals surface area contributed by atoms with Gasteiger partial charge >= 0.3 is 0 Å². The molecule has 0 fully saturated rings. The third kappa shape index (κ3) is 3.31. The van der Waals surface area contributed by atoms with Gasteiger partial charge in [0.05, 0.1) is 10.9 Å². The molecule has 1 heterocycles. The van der Waals surface area contributed by atoms with Crippen LogP contribution in [-0.2, 0) is 0 Å². The van der Waals surface area contributed by atoms with Crippen LogP contribution in [0.15, 0.2) is 54.9 Å². The van der Waals surface area contributed by atoms with Crippen molar-refractivity contribution in [2.75, 3.05) is 6.54 Å². The maximum absolute atomic E-state index is 11.8. The quantitative estimate of drug-likeness (QED) is 0.859. The largest absolute Gasteiger partial charge is 0.350 e. The van der Waals surface area contributed by atoms with Crippen LogP contribution < -0.4 is 5.32 Å². The number of pyridine rings is 1. The van der Waals surface area contributed by atoms with Crippen LogP contribution in [0, 0.1) is 0 Å². The summed E-state index contributed by atoms with van der Waals surface area (Å²) >= 11 is 6.21. The summed E-state index contributed by atoms with van der Waals surface area (Å²) in [5.74, 6) is -0.162. The van der Waals surface area contributed by atoms with E-state index in [0.29, 0.717) is 12.1 Å². The zero-order valence-electron chi connectivity index (χ0n) is 9.71. The van der Waals surface area contributed by atoms with E-state index in [1.165, 1.54) is 6.20 Å². The number of benzene rings is 1. The summed E-state index contributed by atoms with van der Waals surface area (Å²) in [7, 11) is 0. The lowest BCUT2D eigenvalue weighted by molar-refractivity contribution is 0.0953. The lowest BCUT2D eigenvalue weighted by atomic mass is 10.1. The first-order chi connectivity index (χ1) is 8.77. The number of nitrogens with zero attached hydrogens (tertiary/aromatic N) is 1. The van der Waals surface area contributed by atoms with Crippen molar-refractivity contribution in [2.45, 2.75) is 5.38 Å². The van der Waals surface area contributed by atoms with E-state index < -0.39 is 0 Å². The summed E-state index contributed by atoms with van der Waals surface area (Å²) in [4.78, 5) is 15.7. The average molecular weight is 261 g/mol. The van der Waals surface area contributed by atoms with Gasteiger partial charge in [-0.05, 0) is 17.7 Å². The molecule has 1 unspecified atom stereocenters. The molecule has 1 atom stereocenters. The molecule has 1 amide bonds. The Bertz CT molecular complexity index is 502. The van der Waals surface area contributed by atoms with Crippen LogP contribution in [0.25, 0.3) is 0 Å². The van der Waals surface area contributed by atoms with Crippen LogP contribution in [0.4, 0.5) is 0 Å². The molecular weight excluding hydrogens is 248 g/mol. The van der Waals surface area contributed by atoms with E-state index in [9.17, 15) is 4.79 Å². The third-order valence-electron chi connectivity index (χ3n) is 2.53. The minimum absolute atomic E-state index is 0.162. The summed E-state index contributed by atoms with van der Waals surface area (Å²) in [6.45, 7) is 0.388. The molecule has 0 aliphatic heterocycles. The molecule has 92 valence electrons. The van der Waals surface area contributed by atoms with Crippen molar-refractivity contribution in [1.29, 1.82) is 0 Å². The Morgan fingerprint density at radius 2 is 2.00 bits per heavy atom. The van der Waals surface area contributed by atoms with Gasteiger partial charge in [0.15, 0.2) is 0 Å². The summed E-state index contributed by atoms with van der Waals surface area (Å²) in [6.07, 6.45) is 3.16. The van der Waals surface area contributed by atoms with E-state index in [2.05, 4.69) is 10.3 Å². The van der Waals surface area contributed by atoms with Gasteiger partial charge in [-0.25, -0.2) is 0 Å². The maximum atomic E-state index is 11.8. The maximum Gasteiger partial charge on any atom is 0.252 e. The lowest BCUT2D eigenvalue weighted by Crippen LogP contribution is -2.26. The molecule has 4 heteroatoms. The fourth-order valence-corrected chi connectivity index (χ4v) is 1.78. The highest BCUT2D eigenvalue weighted by molar-refractivity contribution is 6.21. The Hall–Kier alpha value is -1.87. The molecule has 18 heavy (non-hydrogen) atoms. The summed E-state index contributed by atoms with van der Waals surface area (Å²) < 4.78 is 0. The van der Waals surface area contributed by atoms with Gasteiger partial charge in [-0.3, -0.25) is 9.78 Å². The topological polar surface area (TPSA) is 42.0 Å². The minimum atomic E-state index is -0.230. The number of alkyl halides is 1. The van der Waals surface area contributed by atoms with Gasteiger partial charge in [-0.1, -0.05) is 30.3 Å². The SMILES string of the molecule is O=C(NCC(Cl)c1ccccc1)c1cccnc1. The molecule has 2 rings (SSSR count). The van der Waals surface area contributed by atoms with Crippen molar-refractivity contribution in [3.63, 3.8) is 0 Å². The molecular formula is C14H13ClN2O. The molecule has 1 aromatic carbocycles. The van der Waals surface area contributed by atoms with Crippen molar-refractivity contribution in [2.24, 2.45) is 0 Å². The Balaban J connectivity index is 1.91. The number of rotatable bonds is 4. The van der Waals surface area contributed by atoms with Crippen LogP contribution in [0.1, 0.15) is 21.3 Å². The van der Waals surface area contributed by atoms with Gasteiger partial charge in [0.2, 0.25) is 0 Å². The number of aromatic nitrogens is 1. The molecule has 0 spiro atoms. The van der Waals surface area contributed by atoms with E-state index >= 15 is 0 Å². The number of carbonyl (C=O) groups is 1. The predicted molar refractivity (Wildman–Crippen MR) is 71.6 cm³/mol. The molecule has 0 saturated carbocycles. The minimum Gasteiger partial charge on any atom is -0.350 e. The Labute approximate surface area is 111 Å². The van der Waals surface area contributed by atoms with E-state index in [4.69, 9.17) is 11.6 Å². The normalized spacial score (nSPS) is 11.8. The molecule has 1 aromatic heterocycles. The summed E-state index contributed by atoms with van der Waals surface area (Å²) in [6, 6.07) is 13.1. The Morgan fingerprint density at radius 1 is 1.22 bits per heavy atom. The zero-order valence-corrected chi connectivity index (χ0v) is 10.5. The number of halogens is 1. The number of hydrogen-bond donors (Lipinski definition) is 1. The van der Waals surface area contributed by atoms with Gasteiger partial charge < -0.3 is 5.32 Å². The van der Waals surface area contributed by atoms with Gasteiger partial charge in [0.25, 0.3) is 5.91 Å². The molecule has 3 nitrogen and oxygen atoms in total. The van der Waals surface area contributed by atoms with Gasteiger partial charge in [0.1, 0.15) is 0 Å². The lowest BCUT2D eigenvalue weighted by Gasteiger charge is -2.11. The Kier molecular flexibility index (Phi) is 4.31. The molecule has 0 bridgehead atoms. The van der Waals surface area contributed by atoms with Crippen LogP contribution in [-0.4, -0.2) is 17.4 Å². The van der Waals surface area contributed by atoms with Gasteiger partial charge in [-0.15, -0.1) is 11.6 Å². The fourth-order valence-electron chi connectivity index (χ4n) is 1.56. The second-order valence-electron chi connectivity index (χ2n) is 3.83. The van der Waals surface area contributed by atoms with E-state index in [1.54, 1.807) is 18.3 Å². The Morgan fingerprint density at radius 3 is 2.67 bits per heavy atom. The summed E-state index contributed by atoms with van der Waals surface area (Å²) in [5, 5.41) is 2.56. The van der Waals surface area contributed by atoms with Crippen molar-refractivity contribution >= 4 is 17.5 Å². The van der Waals surface area contributed by atoms with Crippen LogP contribution in [0.2, 0.25) is 0 Å². The van der Waals surface area contributed by atoms with E-state index in [0.717, 1.165) is 5.56 Å². The highest BCUT2D eigenvalue weighted by Gasteiger charge is 2.10. The number of hydrogen-bond acceptors (Lipinski definition) is 2. The average Bonchev–Trinajstić information content (AvgIpc) is 2.46. The zero-order chi connectivity index (χ0) is 12.8. The van der Waals surface area contributed by atoms with E-state index in [-0.39, 0.29) is 11.3 Å². The predicted octanol–water partition coefficient (Wildman–Crippen LogP) is 2.79. The van der Waals surface area contributed by atoms with Crippen molar-refractivity contribution in [3.05, 3.63) is 66.0 Å². The van der Waals surface area contributed by atoms with Crippen LogP contribution >= 0.6 is 11.6 Å². The highest BCUT2D eigenvalue weighted by atomic mass is 35.5. The first kappa shape index (κ1) is 12.6. The standard InChI is InChI=1S/C14H13ClN2O/c15-13(11-5-2-1-3-6-11)10-17-14(18)12-7-4-8-16-9-12/h1-9,13H,10H2,(H,17,18). The number of nitrogens with one attached hydrogen (secondary N) is 1. The van der Waals surface area contributed by atoms with Crippen LogP contribution in [0.5, 0.6) is 0 Å². The van der Waals surface area contributed by atoms with Crippen molar-refractivity contribution < 1.29 is 4.79 Å². The van der Waals surface area contributed by atoms with Crippen molar-refractivity contribution in [1.82, 2.24) is 10.3 Å². The first-order valence-corrected chi connectivity index (χ1v) is 6.08. The molecule has 2 aromatic rings. The molecule has 0 aliphatic carbocycles. The van der Waals surface area contributed by atoms with Crippen molar-refractivity contribution in [3.8, 4) is 0 Å². The van der Waals surface area contributed by atoms with Gasteiger partial charge in [0, 0.05) is 18.9 Å². The van der Waals surface area contributed by atoms with Crippen LogP contribution in [0.3, 0.4) is 0 Å². The summed E-state index contributed by atoms with van der Waals surface area (Å²) in [5.41, 5.74) is 1.53. The number of amides is 1. The third-order valence-corrected chi connectivity index (χ3v) is 2.93. The highest BCUT2D eigenvalue weighted by Crippen LogP contribution is 2.18. The number of carbonyl (C=O) groups excluding carboxylic acids is 1. The van der Waals surface area contributed by atoms with Gasteiger partial charge in [-0.2, -0.15) is 0 Å². The van der Waals surface area contributed by atoms with E-state index in [1.807, 2.05) is 30.3 Å². The molecule has 1 N–H and O–H groups in total. The molecule has 0 saturated heterocycles. The second kappa shape index (κ2) is 6.17. The smallest absolute Gasteiger partial charge is 0.252 e. The molecule has 0 aliphatic rings. The first-order valence-electron chi connectivity index (χ1n) is 5.64.